The van der Waals surface area contributed by atoms with Gasteiger partial charge >= 0.3 is 5.97 Å². The normalized spacial score (nSPS) is 29.6. The smallest absolute Gasteiger partial charge is 0.333 e. The summed E-state index contributed by atoms with van der Waals surface area (Å²) in [6, 6.07) is 0. The van der Waals surface area contributed by atoms with Gasteiger partial charge in [-0.3, -0.25) is 0 Å². The zero-order valence-corrected chi connectivity index (χ0v) is 12.5. The van der Waals surface area contributed by atoms with Crippen LogP contribution in [0.1, 0.15) is 39.5 Å². The van der Waals surface area contributed by atoms with Crippen molar-refractivity contribution < 1.29 is 14.3 Å². The minimum absolute atomic E-state index is 0.130. The Kier molecular flexibility index (Phi) is 4.29. The first-order chi connectivity index (χ1) is 9.49. The molecular weight excluding hydrogens is 252 g/mol. The Morgan fingerprint density at radius 3 is 2.65 bits per heavy atom. The van der Waals surface area contributed by atoms with E-state index in [4.69, 9.17) is 4.74 Å². The van der Waals surface area contributed by atoms with Crippen LogP contribution in [0, 0.1) is 17.8 Å². The van der Waals surface area contributed by atoms with Gasteiger partial charge in [0.25, 0.3) is 0 Å². The molecule has 0 spiro atoms. The molecule has 0 amide bonds. The fourth-order valence-corrected chi connectivity index (χ4v) is 3.56. The molecule has 0 saturated heterocycles. The molecule has 20 heavy (non-hydrogen) atoms. The number of fused-ring (bicyclic) bond motifs is 1. The molecular formula is C17H22O3. The number of methoxy groups -OCH3 is 1. The Bertz CT molecular complexity index is 520. The van der Waals surface area contributed by atoms with E-state index in [1.54, 1.807) is 0 Å². The lowest BCUT2D eigenvalue weighted by Gasteiger charge is -2.19. The molecule has 0 N–H and O–H groups in total. The molecule has 3 atom stereocenters. The lowest BCUT2D eigenvalue weighted by Crippen LogP contribution is -2.14. The number of carbonyl (C=O) groups is 1. The zero-order valence-electron chi connectivity index (χ0n) is 12.5. The van der Waals surface area contributed by atoms with Gasteiger partial charge in [0.05, 0.1) is 7.11 Å². The highest BCUT2D eigenvalue weighted by Gasteiger charge is 2.37. The van der Waals surface area contributed by atoms with E-state index >= 15 is 0 Å². The van der Waals surface area contributed by atoms with E-state index in [1.807, 2.05) is 6.92 Å². The number of rotatable bonds is 2. The molecule has 1 fully saturated rings. The fraction of sp³-hybridized carbons (Fsp3) is 0.588. The lowest BCUT2D eigenvalue weighted by molar-refractivity contribution is -0.136. The van der Waals surface area contributed by atoms with Crippen LogP contribution in [-0.2, 0) is 14.3 Å². The van der Waals surface area contributed by atoms with E-state index in [2.05, 4.69) is 19.4 Å². The van der Waals surface area contributed by atoms with Gasteiger partial charge in [0.2, 0.25) is 0 Å². The molecule has 0 aromatic heterocycles. The summed E-state index contributed by atoms with van der Waals surface area (Å²) in [6.07, 6.45) is 3.64. The monoisotopic (exact) mass is 274 g/mol. The number of carbonyl (C=O) groups excluding carboxylic acids is 2. The van der Waals surface area contributed by atoms with Crippen LogP contribution < -0.4 is 0 Å². The highest BCUT2D eigenvalue weighted by Crippen LogP contribution is 2.47. The van der Waals surface area contributed by atoms with Crippen molar-refractivity contribution in [2.45, 2.75) is 39.5 Å². The molecule has 0 bridgehead atoms. The zero-order chi connectivity index (χ0) is 14.9. The topological polar surface area (TPSA) is 43.4 Å². The molecule has 2 rings (SSSR count). The van der Waals surface area contributed by atoms with Crippen LogP contribution in [0.3, 0.4) is 0 Å². The molecule has 0 heterocycles. The Morgan fingerprint density at radius 1 is 1.35 bits per heavy atom. The maximum Gasteiger partial charge on any atom is 0.333 e. The van der Waals surface area contributed by atoms with E-state index in [-0.39, 0.29) is 11.9 Å². The number of hydrogen-bond acceptors (Lipinski definition) is 3. The van der Waals surface area contributed by atoms with Crippen LogP contribution in [0.2, 0.25) is 0 Å². The first kappa shape index (κ1) is 14.8. The molecule has 108 valence electrons. The van der Waals surface area contributed by atoms with Gasteiger partial charge in [-0.2, -0.15) is 0 Å². The summed E-state index contributed by atoms with van der Waals surface area (Å²) in [5.41, 5.74) is 3.77. The van der Waals surface area contributed by atoms with Crippen LogP contribution in [0.25, 0.3) is 0 Å². The van der Waals surface area contributed by atoms with Crippen molar-refractivity contribution in [3.8, 4) is 0 Å². The second-order valence-electron chi connectivity index (χ2n) is 6.01. The minimum Gasteiger partial charge on any atom is -0.466 e. The van der Waals surface area contributed by atoms with Crippen LogP contribution in [-0.4, -0.2) is 19.0 Å². The van der Waals surface area contributed by atoms with Crippen molar-refractivity contribution in [2.75, 3.05) is 7.11 Å². The summed E-state index contributed by atoms with van der Waals surface area (Å²) in [7, 11) is 1.39. The molecule has 0 radical (unpaired) electrons. The fourth-order valence-electron chi connectivity index (χ4n) is 3.56. The van der Waals surface area contributed by atoms with Crippen molar-refractivity contribution in [2.24, 2.45) is 17.8 Å². The van der Waals surface area contributed by atoms with Gasteiger partial charge in [-0.05, 0) is 55.9 Å². The second kappa shape index (κ2) is 5.80. The van der Waals surface area contributed by atoms with Crippen LogP contribution in [0.4, 0.5) is 0 Å². The average molecular weight is 274 g/mol. The van der Waals surface area contributed by atoms with Gasteiger partial charge in [-0.15, -0.1) is 0 Å². The van der Waals surface area contributed by atoms with E-state index < -0.39 is 0 Å². The van der Waals surface area contributed by atoms with E-state index in [0.717, 1.165) is 36.8 Å². The Hall–Kier alpha value is -1.60. The Morgan fingerprint density at radius 2 is 2.05 bits per heavy atom. The van der Waals surface area contributed by atoms with Gasteiger partial charge in [0.1, 0.15) is 5.94 Å². The quantitative estimate of drug-likeness (QED) is 0.441. The van der Waals surface area contributed by atoms with E-state index in [1.165, 1.54) is 12.7 Å². The van der Waals surface area contributed by atoms with Gasteiger partial charge in [0.15, 0.2) is 0 Å². The van der Waals surface area contributed by atoms with Gasteiger partial charge in [-0.25, -0.2) is 9.59 Å². The summed E-state index contributed by atoms with van der Waals surface area (Å²) < 4.78 is 4.79. The third kappa shape index (κ3) is 2.51. The standard InChI is InChI=1S/C17H22O3/c1-10-5-6-13(12(3)17(19)20-4)7-16-11(2)14(9-18)8-15(10)16/h10,13,15H,3,5-8H2,1-2,4H3/t10-,13+,15-/m0/s1. The van der Waals surface area contributed by atoms with Crippen LogP contribution in [0.5, 0.6) is 0 Å². The number of ether oxygens (including phenoxy) is 1. The maximum atomic E-state index is 11.7. The molecule has 0 aromatic rings. The molecule has 2 aliphatic rings. The highest BCUT2D eigenvalue weighted by atomic mass is 16.5. The van der Waals surface area contributed by atoms with Crippen molar-refractivity contribution in [1.82, 2.24) is 0 Å². The summed E-state index contributed by atoms with van der Waals surface area (Å²) in [6.45, 7) is 8.15. The first-order valence-electron chi connectivity index (χ1n) is 7.20. The molecule has 3 nitrogen and oxygen atoms in total. The number of hydrogen-bond donors (Lipinski definition) is 0. The highest BCUT2D eigenvalue weighted by molar-refractivity contribution is 5.88. The second-order valence-corrected chi connectivity index (χ2v) is 6.01. The maximum absolute atomic E-state index is 11.7. The van der Waals surface area contributed by atoms with Gasteiger partial charge in [-0.1, -0.05) is 19.1 Å². The molecule has 0 aliphatic heterocycles. The largest absolute Gasteiger partial charge is 0.466 e. The molecule has 2 aliphatic carbocycles. The first-order valence-corrected chi connectivity index (χ1v) is 7.20. The summed E-state index contributed by atoms with van der Waals surface area (Å²) in [4.78, 5) is 22.7. The van der Waals surface area contributed by atoms with Crippen molar-refractivity contribution in [1.29, 1.82) is 0 Å². The minimum atomic E-state index is -0.316. The Labute approximate surface area is 120 Å². The molecule has 3 heteroatoms. The average Bonchev–Trinajstić information content (AvgIpc) is 2.67. The van der Waals surface area contributed by atoms with Gasteiger partial charge in [0, 0.05) is 11.1 Å². The van der Waals surface area contributed by atoms with Crippen LogP contribution >= 0.6 is 0 Å². The summed E-state index contributed by atoms with van der Waals surface area (Å²) in [5.74, 6) is 2.86. The van der Waals surface area contributed by atoms with Crippen molar-refractivity contribution in [3.05, 3.63) is 28.9 Å². The van der Waals surface area contributed by atoms with Crippen LogP contribution in [0.15, 0.2) is 28.9 Å². The Balaban J connectivity index is 2.31. The SMILES string of the molecule is C=C(C(=O)OC)[C@@H]1CC[C@H](C)[C@@H]2CC(=C=O)C(C)=C2C1. The van der Waals surface area contributed by atoms with E-state index in [9.17, 15) is 9.59 Å². The molecule has 0 aromatic carbocycles. The predicted molar refractivity (Wildman–Crippen MR) is 77.7 cm³/mol. The third-order valence-electron chi connectivity index (χ3n) is 4.99. The third-order valence-corrected chi connectivity index (χ3v) is 4.99. The summed E-state index contributed by atoms with van der Waals surface area (Å²) >= 11 is 0. The molecule has 0 unspecified atom stereocenters. The lowest BCUT2D eigenvalue weighted by atomic mass is 9.86. The van der Waals surface area contributed by atoms with Gasteiger partial charge < -0.3 is 4.74 Å². The van der Waals surface area contributed by atoms with E-state index in [0.29, 0.717) is 17.4 Å². The van der Waals surface area contributed by atoms with Crippen molar-refractivity contribution in [3.63, 3.8) is 0 Å². The number of allylic oxidation sites excluding steroid dienone is 3. The summed E-state index contributed by atoms with van der Waals surface area (Å²) in [5, 5.41) is 0. The van der Waals surface area contributed by atoms with Crippen molar-refractivity contribution >= 4 is 11.9 Å². The predicted octanol–water partition coefficient (Wildman–Crippen LogP) is 3.25. The number of esters is 1. The molecule has 1 saturated carbocycles.